The number of aromatic nitrogens is 2. The highest BCUT2D eigenvalue weighted by Gasteiger charge is 2.18. The molecule has 108 valence electrons. The van der Waals surface area contributed by atoms with Gasteiger partial charge in [0.1, 0.15) is 9.09 Å². The van der Waals surface area contributed by atoms with Crippen LogP contribution in [0.1, 0.15) is 15.2 Å². The van der Waals surface area contributed by atoms with Crippen molar-refractivity contribution in [3.63, 3.8) is 0 Å². The number of nitrogens with zero attached hydrogens (tertiary/aromatic N) is 2. The maximum atomic E-state index is 11.9. The van der Waals surface area contributed by atoms with E-state index >= 15 is 0 Å². The molecule has 0 fully saturated rings. The summed E-state index contributed by atoms with van der Waals surface area (Å²) < 4.78 is 28.0. The molecule has 2 heterocycles. The Morgan fingerprint density at radius 2 is 2.25 bits per heavy atom. The lowest BCUT2D eigenvalue weighted by Crippen LogP contribution is -2.25. The lowest BCUT2D eigenvalue weighted by Gasteiger charge is -2.03. The second-order valence-corrected chi connectivity index (χ2v) is 7.17. The van der Waals surface area contributed by atoms with E-state index in [1.807, 2.05) is 6.20 Å². The molecule has 0 radical (unpaired) electrons. The molecule has 0 saturated heterocycles. The van der Waals surface area contributed by atoms with Gasteiger partial charge in [-0.05, 0) is 24.1 Å². The van der Waals surface area contributed by atoms with Crippen molar-refractivity contribution in [2.45, 2.75) is 10.6 Å². The van der Waals surface area contributed by atoms with Crippen LogP contribution in [0.4, 0.5) is 0 Å². The maximum absolute atomic E-state index is 11.9. The van der Waals surface area contributed by atoms with Crippen LogP contribution < -0.4 is 4.72 Å². The summed E-state index contributed by atoms with van der Waals surface area (Å²) in [7, 11) is -1.87. The van der Waals surface area contributed by atoms with Crippen molar-refractivity contribution in [3.8, 4) is 0 Å². The molecule has 0 aliphatic heterocycles. The summed E-state index contributed by atoms with van der Waals surface area (Å²) in [5.41, 5.74) is 0.924. The Balaban J connectivity index is 1.98. The molecule has 2 rings (SSSR count). The summed E-state index contributed by atoms with van der Waals surface area (Å²) in [5.74, 6) is -1.13. The number of aromatic carboxylic acids is 1. The van der Waals surface area contributed by atoms with Gasteiger partial charge in [0.05, 0.1) is 6.20 Å². The Kier molecular flexibility index (Phi) is 4.21. The van der Waals surface area contributed by atoms with Crippen LogP contribution in [-0.4, -0.2) is 35.8 Å². The molecule has 0 amide bonds. The van der Waals surface area contributed by atoms with Gasteiger partial charge in [-0.2, -0.15) is 5.10 Å². The fourth-order valence-electron chi connectivity index (χ4n) is 1.58. The molecule has 0 aliphatic carbocycles. The number of hydrogen-bond donors (Lipinski definition) is 2. The van der Waals surface area contributed by atoms with E-state index in [2.05, 4.69) is 9.82 Å². The number of thiophene rings is 1. The lowest BCUT2D eigenvalue weighted by atomic mass is 10.3. The van der Waals surface area contributed by atoms with Crippen LogP contribution in [0.3, 0.4) is 0 Å². The number of carboxylic acids is 1. The van der Waals surface area contributed by atoms with Gasteiger partial charge >= 0.3 is 5.97 Å². The van der Waals surface area contributed by atoms with Gasteiger partial charge in [0.25, 0.3) is 0 Å². The Morgan fingerprint density at radius 1 is 1.50 bits per heavy atom. The number of aryl methyl sites for hydroxylation is 1. The highest BCUT2D eigenvalue weighted by molar-refractivity contribution is 7.91. The van der Waals surface area contributed by atoms with Gasteiger partial charge < -0.3 is 5.11 Å². The van der Waals surface area contributed by atoms with Gasteiger partial charge in [0.2, 0.25) is 10.0 Å². The number of sulfonamides is 1. The van der Waals surface area contributed by atoms with Gasteiger partial charge in [-0.15, -0.1) is 11.3 Å². The third kappa shape index (κ3) is 3.44. The smallest absolute Gasteiger partial charge is 0.345 e. The van der Waals surface area contributed by atoms with Crippen LogP contribution in [0.2, 0.25) is 0 Å². The van der Waals surface area contributed by atoms with Crippen molar-refractivity contribution < 1.29 is 18.3 Å². The summed E-state index contributed by atoms with van der Waals surface area (Å²) in [5, 5.41) is 12.8. The highest BCUT2D eigenvalue weighted by atomic mass is 32.2. The van der Waals surface area contributed by atoms with Crippen LogP contribution >= 0.6 is 11.3 Å². The molecular formula is C11H13N3O4S2. The fraction of sp³-hybridized carbons (Fsp3) is 0.273. The summed E-state index contributed by atoms with van der Waals surface area (Å²) in [6, 6.07) is 2.57. The number of rotatable bonds is 6. The average molecular weight is 315 g/mol. The van der Waals surface area contributed by atoms with Crippen LogP contribution in [0, 0.1) is 0 Å². The van der Waals surface area contributed by atoms with E-state index in [0.717, 1.165) is 16.9 Å². The minimum absolute atomic E-state index is 0.00101. The molecule has 9 heteroatoms. The molecule has 0 atom stereocenters. The Bertz CT molecular complexity index is 718. The molecule has 0 spiro atoms. The van der Waals surface area contributed by atoms with Gasteiger partial charge in [0.15, 0.2) is 0 Å². The number of carbonyl (C=O) groups is 1. The van der Waals surface area contributed by atoms with Crippen LogP contribution in [0.25, 0.3) is 0 Å². The molecule has 20 heavy (non-hydrogen) atoms. The average Bonchev–Trinajstić information content (AvgIpc) is 2.98. The second-order valence-electron chi connectivity index (χ2n) is 4.09. The van der Waals surface area contributed by atoms with Crippen molar-refractivity contribution in [1.82, 2.24) is 14.5 Å². The van der Waals surface area contributed by atoms with Crippen LogP contribution in [0.5, 0.6) is 0 Å². The lowest BCUT2D eigenvalue weighted by molar-refractivity contribution is 0.0702. The normalized spacial score (nSPS) is 11.7. The topological polar surface area (TPSA) is 101 Å². The van der Waals surface area contributed by atoms with Crippen molar-refractivity contribution in [2.24, 2.45) is 7.05 Å². The van der Waals surface area contributed by atoms with Crippen molar-refractivity contribution >= 4 is 27.3 Å². The molecular weight excluding hydrogens is 302 g/mol. The van der Waals surface area contributed by atoms with E-state index in [0.29, 0.717) is 6.42 Å². The first-order valence-corrected chi connectivity index (χ1v) is 7.99. The second kappa shape index (κ2) is 5.73. The quantitative estimate of drug-likeness (QED) is 0.817. The van der Waals surface area contributed by atoms with E-state index in [4.69, 9.17) is 5.11 Å². The number of hydrogen-bond acceptors (Lipinski definition) is 5. The molecule has 2 aromatic rings. The fourth-order valence-corrected chi connectivity index (χ4v) is 3.80. The summed E-state index contributed by atoms with van der Waals surface area (Å²) in [4.78, 5) is 10.7. The molecule has 0 bridgehead atoms. The van der Waals surface area contributed by atoms with Gasteiger partial charge in [-0.25, -0.2) is 17.9 Å². The molecule has 0 aliphatic rings. The molecule has 7 nitrogen and oxygen atoms in total. The largest absolute Gasteiger partial charge is 0.477 e. The monoisotopic (exact) mass is 315 g/mol. The highest BCUT2D eigenvalue weighted by Crippen LogP contribution is 2.21. The van der Waals surface area contributed by atoms with Crippen LogP contribution in [-0.2, 0) is 23.5 Å². The zero-order chi connectivity index (χ0) is 14.8. The van der Waals surface area contributed by atoms with Crippen molar-refractivity contribution in [3.05, 3.63) is 35.0 Å². The van der Waals surface area contributed by atoms with E-state index in [9.17, 15) is 13.2 Å². The third-order valence-electron chi connectivity index (χ3n) is 2.52. The first-order chi connectivity index (χ1) is 9.38. The number of nitrogens with one attached hydrogen (secondary N) is 1. The van der Waals surface area contributed by atoms with Gasteiger partial charge in [-0.1, -0.05) is 0 Å². The van der Waals surface area contributed by atoms with Crippen molar-refractivity contribution in [2.75, 3.05) is 6.54 Å². The maximum Gasteiger partial charge on any atom is 0.345 e. The first-order valence-electron chi connectivity index (χ1n) is 5.69. The molecule has 0 saturated carbocycles. The van der Waals surface area contributed by atoms with Gasteiger partial charge in [-0.3, -0.25) is 4.68 Å². The summed E-state index contributed by atoms with van der Waals surface area (Å²) >= 11 is 0.732. The van der Waals surface area contributed by atoms with Crippen LogP contribution in [0.15, 0.2) is 28.7 Å². The SMILES string of the molecule is Cn1cc(CCNS(=O)(=O)c2ccc(C(=O)O)s2)cn1. The Hall–Kier alpha value is -1.71. The van der Waals surface area contributed by atoms with E-state index < -0.39 is 16.0 Å². The van der Waals surface area contributed by atoms with E-state index in [-0.39, 0.29) is 15.6 Å². The third-order valence-corrected chi connectivity index (χ3v) is 5.55. The molecule has 2 aromatic heterocycles. The zero-order valence-corrected chi connectivity index (χ0v) is 12.2. The predicted octanol–water partition coefficient (Wildman–Crippen LogP) is 0.701. The minimum atomic E-state index is -3.66. The zero-order valence-electron chi connectivity index (χ0n) is 10.6. The first kappa shape index (κ1) is 14.7. The van der Waals surface area contributed by atoms with E-state index in [1.54, 1.807) is 17.9 Å². The molecule has 0 aromatic carbocycles. The molecule has 0 unspecified atom stereocenters. The number of carboxylic acid groups (broad SMARTS) is 1. The van der Waals surface area contributed by atoms with Crippen molar-refractivity contribution in [1.29, 1.82) is 0 Å². The Morgan fingerprint density at radius 3 is 2.80 bits per heavy atom. The Labute approximate surface area is 119 Å². The summed E-state index contributed by atoms with van der Waals surface area (Å²) in [6.07, 6.45) is 3.99. The van der Waals surface area contributed by atoms with Gasteiger partial charge in [0, 0.05) is 19.8 Å². The summed E-state index contributed by atoms with van der Waals surface area (Å²) in [6.45, 7) is 0.230. The van der Waals surface area contributed by atoms with E-state index in [1.165, 1.54) is 12.1 Å². The predicted molar refractivity (Wildman–Crippen MR) is 73.4 cm³/mol. The molecule has 2 N–H and O–H groups in total. The standard InChI is InChI=1S/C11H13N3O4S2/c1-14-7-8(6-12-14)4-5-13-20(17,18)10-3-2-9(19-10)11(15)16/h2-3,6-7,13H,4-5H2,1H3,(H,15,16). The minimum Gasteiger partial charge on any atom is -0.477 e.